The summed E-state index contributed by atoms with van der Waals surface area (Å²) >= 11 is 3.78. The summed E-state index contributed by atoms with van der Waals surface area (Å²) in [6.07, 6.45) is 3.58. The van der Waals surface area contributed by atoms with E-state index < -0.39 is 35.6 Å². The molecule has 0 radical (unpaired) electrons. The number of aliphatic hydroxyl groups is 1. The number of carbonyl (C=O) groups excluding carboxylic acids is 3. The molecule has 47 heavy (non-hydrogen) atoms. The maximum atomic E-state index is 14.9. The molecule has 0 aliphatic carbocycles. The summed E-state index contributed by atoms with van der Waals surface area (Å²) in [6.45, 7) is 16.1. The predicted molar refractivity (Wildman–Crippen MR) is 188 cm³/mol. The van der Waals surface area contributed by atoms with Crippen molar-refractivity contribution < 1.29 is 24.2 Å². The molecule has 3 aliphatic heterocycles. The van der Waals surface area contributed by atoms with Crippen LogP contribution in [0.25, 0.3) is 0 Å². The zero-order valence-corrected chi connectivity index (χ0v) is 29.2. The van der Waals surface area contributed by atoms with Gasteiger partial charge in [0.05, 0.1) is 30.6 Å². The Labute approximate surface area is 287 Å². The molecule has 3 saturated heterocycles. The first kappa shape index (κ1) is 34.9. The number of aliphatic hydroxyl groups excluding tert-OH is 1. The minimum atomic E-state index is -1.25. The molecule has 1 N–H and O–H groups in total. The summed E-state index contributed by atoms with van der Waals surface area (Å²) in [7, 11) is 0. The number of halogens is 1. The number of fused-ring (bicyclic) bond motifs is 1. The molecule has 7 atom stereocenters. The van der Waals surface area contributed by atoms with Crippen LogP contribution in [-0.2, 0) is 25.7 Å². The zero-order chi connectivity index (χ0) is 33.9. The molecule has 10 heteroatoms. The van der Waals surface area contributed by atoms with E-state index in [0.29, 0.717) is 31.6 Å². The molecule has 252 valence electrons. The van der Waals surface area contributed by atoms with Crippen molar-refractivity contribution in [2.24, 2.45) is 11.8 Å². The Morgan fingerprint density at radius 3 is 2.23 bits per heavy atom. The summed E-state index contributed by atoms with van der Waals surface area (Å²) < 4.78 is 6.78. The summed E-state index contributed by atoms with van der Waals surface area (Å²) in [5.41, 5.74) is 1.44. The molecule has 2 aromatic rings. The largest absolute Gasteiger partial charge is 0.394 e. The number of likely N-dealkylation sites (tertiary alicyclic amines) is 1. The lowest BCUT2D eigenvalue weighted by atomic mass is 9.70. The molecule has 3 unspecified atom stereocenters. The third-order valence-corrected chi connectivity index (χ3v) is 10.9. The normalized spacial score (nSPS) is 26.5. The average molecular weight is 708 g/mol. The van der Waals surface area contributed by atoms with Crippen LogP contribution in [0, 0.1) is 11.8 Å². The highest BCUT2D eigenvalue weighted by molar-refractivity contribution is 9.09. The Kier molecular flexibility index (Phi) is 10.9. The van der Waals surface area contributed by atoms with E-state index in [2.05, 4.69) is 47.8 Å². The summed E-state index contributed by atoms with van der Waals surface area (Å²) in [5.74, 6) is -2.52. The van der Waals surface area contributed by atoms with Gasteiger partial charge in [-0.15, -0.1) is 13.2 Å². The highest BCUT2D eigenvalue weighted by Crippen LogP contribution is 2.61. The van der Waals surface area contributed by atoms with Gasteiger partial charge >= 0.3 is 0 Å². The second kappa shape index (κ2) is 14.7. The van der Waals surface area contributed by atoms with Gasteiger partial charge in [0.25, 0.3) is 5.91 Å². The molecule has 9 nitrogen and oxygen atoms in total. The standard InChI is InChI=1S/C37H47BrN4O5/c1-6-20-40(23-25-14-12-11-13-15-25)34(44)30-31-35(45)42(26(8-3)24-43)33(37(31)22-29(38)32(30)47-37)36(46)41(21-7-2)28-18-16-27(17-19-28)39(9-4)10-5/h6-7,11-19,26,29-33,43H,1-2,8-10,20-24H2,3-5H3/t26-,29?,30+,31-,32+,33?,37?/m0/s1. The van der Waals surface area contributed by atoms with Crippen molar-refractivity contribution in [2.75, 3.05) is 42.6 Å². The van der Waals surface area contributed by atoms with E-state index in [0.717, 1.165) is 24.3 Å². The van der Waals surface area contributed by atoms with Crippen LogP contribution >= 0.6 is 15.9 Å². The first-order chi connectivity index (χ1) is 22.7. The van der Waals surface area contributed by atoms with Gasteiger partial charge in [0.2, 0.25) is 11.8 Å². The first-order valence-corrected chi connectivity index (χ1v) is 17.6. The molecule has 3 heterocycles. The van der Waals surface area contributed by atoms with Crippen LogP contribution in [0.15, 0.2) is 79.9 Å². The monoisotopic (exact) mass is 706 g/mol. The lowest BCUT2D eigenvalue weighted by molar-refractivity contribution is -0.147. The third-order valence-electron chi connectivity index (χ3n) is 10.1. The highest BCUT2D eigenvalue weighted by Gasteiger charge is 2.77. The van der Waals surface area contributed by atoms with Crippen LogP contribution in [0.4, 0.5) is 11.4 Å². The number of anilines is 2. The van der Waals surface area contributed by atoms with E-state index in [9.17, 15) is 19.5 Å². The number of hydrogen-bond acceptors (Lipinski definition) is 6. The van der Waals surface area contributed by atoms with Gasteiger partial charge in [-0.3, -0.25) is 14.4 Å². The van der Waals surface area contributed by atoms with Crippen molar-refractivity contribution in [3.8, 4) is 0 Å². The number of amides is 3. The quantitative estimate of drug-likeness (QED) is 0.212. The van der Waals surface area contributed by atoms with Gasteiger partial charge in [-0.2, -0.15) is 0 Å². The van der Waals surface area contributed by atoms with E-state index in [4.69, 9.17) is 4.74 Å². The first-order valence-electron chi connectivity index (χ1n) is 16.7. The molecular weight excluding hydrogens is 660 g/mol. The fraction of sp³-hybridized carbons (Fsp3) is 0.486. The van der Waals surface area contributed by atoms with Crippen LogP contribution in [0.5, 0.6) is 0 Å². The Bertz CT molecular complexity index is 1450. The second-order valence-corrected chi connectivity index (χ2v) is 13.7. The number of ether oxygens (including phenoxy) is 1. The third kappa shape index (κ3) is 6.16. The van der Waals surface area contributed by atoms with Crippen LogP contribution in [-0.4, -0.2) is 94.0 Å². The number of nitrogens with zero attached hydrogens (tertiary/aromatic N) is 4. The number of benzene rings is 2. The molecule has 1 spiro atoms. The average Bonchev–Trinajstić information content (AvgIpc) is 3.68. The van der Waals surface area contributed by atoms with E-state index in [-0.39, 0.29) is 35.7 Å². The lowest BCUT2D eigenvalue weighted by Crippen LogP contribution is -2.59. The molecular formula is C37H47BrN4O5. The van der Waals surface area contributed by atoms with Crippen molar-refractivity contribution >= 4 is 45.0 Å². The van der Waals surface area contributed by atoms with Crippen LogP contribution in [0.3, 0.4) is 0 Å². The van der Waals surface area contributed by atoms with Gasteiger partial charge < -0.3 is 29.4 Å². The minimum Gasteiger partial charge on any atom is -0.394 e. The molecule has 3 amide bonds. The van der Waals surface area contributed by atoms with Gasteiger partial charge in [0.1, 0.15) is 11.6 Å². The van der Waals surface area contributed by atoms with Gasteiger partial charge in [-0.25, -0.2) is 0 Å². The minimum absolute atomic E-state index is 0.205. The molecule has 2 bridgehead atoms. The van der Waals surface area contributed by atoms with Crippen LogP contribution in [0.1, 0.15) is 39.2 Å². The van der Waals surface area contributed by atoms with E-state index in [1.54, 1.807) is 22.0 Å². The Hall–Kier alpha value is -3.47. The maximum absolute atomic E-state index is 14.9. The van der Waals surface area contributed by atoms with Crippen molar-refractivity contribution in [1.82, 2.24) is 9.80 Å². The molecule has 0 aromatic heterocycles. The van der Waals surface area contributed by atoms with Crippen molar-refractivity contribution in [3.05, 3.63) is 85.5 Å². The SMILES string of the molecule is C=CCN(Cc1ccccc1)C(=O)[C@H]1[C@@H]2OC3(CC2Br)C(C(=O)N(CC=C)c2ccc(N(CC)CC)cc2)N([C@@H](CC)CO)C(=O)[C@H]13. The predicted octanol–water partition coefficient (Wildman–Crippen LogP) is 4.79. The lowest BCUT2D eigenvalue weighted by Gasteiger charge is -2.39. The topological polar surface area (TPSA) is 93.6 Å². The molecule has 2 aromatic carbocycles. The Morgan fingerprint density at radius 2 is 1.66 bits per heavy atom. The van der Waals surface area contributed by atoms with Crippen LogP contribution in [0.2, 0.25) is 0 Å². The molecule has 3 fully saturated rings. The smallest absolute Gasteiger partial charge is 0.253 e. The second-order valence-electron chi connectivity index (χ2n) is 12.6. The Morgan fingerprint density at radius 1 is 1.02 bits per heavy atom. The van der Waals surface area contributed by atoms with Gasteiger partial charge in [-0.1, -0.05) is 65.3 Å². The van der Waals surface area contributed by atoms with E-state index >= 15 is 0 Å². The van der Waals surface area contributed by atoms with E-state index in [1.807, 2.05) is 61.5 Å². The van der Waals surface area contributed by atoms with Gasteiger partial charge in [0, 0.05) is 48.9 Å². The van der Waals surface area contributed by atoms with Crippen molar-refractivity contribution in [2.45, 2.75) is 68.8 Å². The Balaban J connectivity index is 1.56. The maximum Gasteiger partial charge on any atom is 0.253 e. The number of alkyl halides is 1. The highest BCUT2D eigenvalue weighted by atomic mass is 79.9. The molecule has 0 saturated carbocycles. The fourth-order valence-electron chi connectivity index (χ4n) is 7.87. The van der Waals surface area contributed by atoms with Crippen LogP contribution < -0.4 is 9.80 Å². The number of carbonyl (C=O) groups is 3. The van der Waals surface area contributed by atoms with Gasteiger partial charge in [-0.05, 0) is 56.5 Å². The van der Waals surface area contributed by atoms with Crippen molar-refractivity contribution in [1.29, 1.82) is 0 Å². The fourth-order valence-corrected chi connectivity index (χ4v) is 8.81. The summed E-state index contributed by atoms with van der Waals surface area (Å²) in [5, 5.41) is 10.5. The van der Waals surface area contributed by atoms with Gasteiger partial charge in [0.15, 0.2) is 0 Å². The van der Waals surface area contributed by atoms with Crippen molar-refractivity contribution in [3.63, 3.8) is 0 Å². The number of rotatable bonds is 15. The van der Waals surface area contributed by atoms with E-state index in [1.165, 1.54) is 4.90 Å². The summed E-state index contributed by atoms with van der Waals surface area (Å²) in [6, 6.07) is 15.9. The number of hydrogen-bond donors (Lipinski definition) is 1. The molecule has 5 rings (SSSR count). The molecule has 3 aliphatic rings. The zero-order valence-electron chi connectivity index (χ0n) is 27.6. The summed E-state index contributed by atoms with van der Waals surface area (Å²) in [4.78, 5) is 50.9.